The van der Waals surface area contributed by atoms with E-state index in [1.54, 1.807) is 31.2 Å². The first-order chi connectivity index (χ1) is 14.2. The summed E-state index contributed by atoms with van der Waals surface area (Å²) in [7, 11) is 1.83. The molecule has 2 rings (SSSR count). The first kappa shape index (κ1) is 22.2. The van der Waals surface area contributed by atoms with Gasteiger partial charge in [-0.3, -0.25) is 10.1 Å². The number of carbonyl (C=O) groups excluding carboxylic acids is 1. The summed E-state index contributed by atoms with van der Waals surface area (Å²) in [4.78, 5) is 34.7. The first-order valence-electron chi connectivity index (χ1n) is 8.76. The lowest BCUT2D eigenvalue weighted by molar-refractivity contribution is -0.384. The summed E-state index contributed by atoms with van der Waals surface area (Å²) in [5.41, 5.74) is 0.937. The monoisotopic (exact) mass is 412 g/mol. The highest BCUT2D eigenvalue weighted by Gasteiger charge is 2.17. The number of nitrogens with zero attached hydrogens (tertiary/aromatic N) is 4. The third-order valence-electron chi connectivity index (χ3n) is 3.99. The maximum absolute atomic E-state index is 11.4. The molecule has 0 fully saturated rings. The van der Waals surface area contributed by atoms with Crippen molar-refractivity contribution in [3.63, 3.8) is 0 Å². The van der Waals surface area contributed by atoms with Gasteiger partial charge in [-0.1, -0.05) is 6.58 Å². The summed E-state index contributed by atoms with van der Waals surface area (Å²) < 4.78 is 5.06. The predicted molar refractivity (Wildman–Crippen MR) is 110 cm³/mol. The normalized spacial score (nSPS) is 10.6. The van der Waals surface area contributed by atoms with Crippen molar-refractivity contribution < 1.29 is 24.4 Å². The molecule has 2 aromatic carbocycles. The number of hydrogen-bond acceptors (Lipinski definition) is 8. The third kappa shape index (κ3) is 5.96. The zero-order valence-electron chi connectivity index (χ0n) is 16.4. The quantitative estimate of drug-likeness (QED) is 0.214. The molecular formula is C20H20N4O6. The fourth-order valence-corrected chi connectivity index (χ4v) is 2.30. The van der Waals surface area contributed by atoms with Crippen LogP contribution in [0.2, 0.25) is 0 Å². The molecule has 0 amide bonds. The first-order valence-corrected chi connectivity index (χ1v) is 8.76. The van der Waals surface area contributed by atoms with E-state index in [0.717, 1.165) is 11.8 Å². The highest BCUT2D eigenvalue weighted by Crippen LogP contribution is 2.30. The van der Waals surface area contributed by atoms with E-state index in [1.165, 1.54) is 12.1 Å². The van der Waals surface area contributed by atoms with Crippen molar-refractivity contribution in [1.82, 2.24) is 0 Å². The molecule has 10 nitrogen and oxygen atoms in total. The number of rotatable bonds is 9. The molecule has 10 heteroatoms. The van der Waals surface area contributed by atoms with Crippen molar-refractivity contribution >= 4 is 34.7 Å². The lowest BCUT2D eigenvalue weighted by Gasteiger charge is -2.19. The van der Waals surface area contributed by atoms with Crippen LogP contribution in [0.3, 0.4) is 0 Å². The second-order valence-electron chi connectivity index (χ2n) is 6.32. The van der Waals surface area contributed by atoms with Crippen LogP contribution in [0.4, 0.5) is 22.7 Å². The second-order valence-corrected chi connectivity index (χ2v) is 6.32. The molecule has 0 bridgehead atoms. The Morgan fingerprint density at radius 1 is 1.20 bits per heavy atom. The number of anilines is 1. The third-order valence-corrected chi connectivity index (χ3v) is 3.99. The van der Waals surface area contributed by atoms with Gasteiger partial charge in [0.1, 0.15) is 6.61 Å². The van der Waals surface area contributed by atoms with Crippen molar-refractivity contribution in [1.29, 1.82) is 0 Å². The number of ether oxygens (including phenoxy) is 1. The highest BCUT2D eigenvalue weighted by molar-refractivity contribution is 5.89. The van der Waals surface area contributed by atoms with Crippen LogP contribution in [0, 0.1) is 10.1 Å². The molecule has 0 unspecified atom stereocenters. The van der Waals surface area contributed by atoms with Gasteiger partial charge in [0.05, 0.1) is 22.7 Å². The van der Waals surface area contributed by atoms with E-state index in [2.05, 4.69) is 16.8 Å². The van der Waals surface area contributed by atoms with Crippen LogP contribution in [0.1, 0.15) is 17.3 Å². The van der Waals surface area contributed by atoms with Crippen LogP contribution in [-0.2, 0) is 9.53 Å². The van der Waals surface area contributed by atoms with E-state index in [1.807, 2.05) is 11.9 Å². The van der Waals surface area contributed by atoms with Crippen LogP contribution in [-0.4, -0.2) is 42.2 Å². The standard InChI is InChI=1S/C20H20N4O6/c1-13(2)20(27)30-11-10-23(3)16-7-5-15(6-8-16)21-22-17-9-4-14(19(25)26)12-18(17)24(28)29/h4-9,12H,1,10-11H2,2-3H3,(H,25,26). The maximum Gasteiger partial charge on any atom is 0.335 e. The number of hydrogen-bond donors (Lipinski definition) is 1. The summed E-state index contributed by atoms with van der Waals surface area (Å²) in [6.45, 7) is 5.78. The molecule has 0 saturated carbocycles. The highest BCUT2D eigenvalue weighted by atomic mass is 16.6. The van der Waals surface area contributed by atoms with Crippen molar-refractivity contribution in [2.75, 3.05) is 25.1 Å². The van der Waals surface area contributed by atoms with Crippen molar-refractivity contribution in [2.24, 2.45) is 10.2 Å². The van der Waals surface area contributed by atoms with Crippen molar-refractivity contribution in [3.8, 4) is 0 Å². The fraction of sp³-hybridized carbons (Fsp3) is 0.200. The zero-order valence-corrected chi connectivity index (χ0v) is 16.4. The Morgan fingerprint density at radius 3 is 2.43 bits per heavy atom. The lowest BCUT2D eigenvalue weighted by atomic mass is 10.2. The van der Waals surface area contributed by atoms with E-state index in [0.29, 0.717) is 17.8 Å². The van der Waals surface area contributed by atoms with Crippen molar-refractivity contribution in [3.05, 3.63) is 70.3 Å². The molecule has 2 aromatic rings. The Balaban J connectivity index is 2.06. The largest absolute Gasteiger partial charge is 0.478 e. The van der Waals surface area contributed by atoms with Crippen LogP contribution in [0.25, 0.3) is 0 Å². The van der Waals surface area contributed by atoms with Gasteiger partial charge in [-0.2, -0.15) is 5.11 Å². The molecule has 1 N–H and O–H groups in total. The second kappa shape index (κ2) is 9.92. The SMILES string of the molecule is C=C(C)C(=O)OCCN(C)c1ccc(N=Nc2ccc(C(=O)O)cc2[N+](=O)[O-])cc1. The van der Waals surface area contributed by atoms with E-state index in [4.69, 9.17) is 9.84 Å². The average molecular weight is 412 g/mol. The van der Waals surface area contributed by atoms with Gasteiger partial charge in [-0.05, 0) is 43.3 Å². The average Bonchev–Trinajstić information content (AvgIpc) is 2.72. The van der Waals surface area contributed by atoms with Crippen LogP contribution in [0.15, 0.2) is 64.8 Å². The summed E-state index contributed by atoms with van der Waals surface area (Å²) in [6.07, 6.45) is 0. The molecule has 156 valence electrons. The Bertz CT molecular complexity index is 1000. The smallest absolute Gasteiger partial charge is 0.335 e. The fourth-order valence-electron chi connectivity index (χ4n) is 2.30. The number of carboxylic acids is 1. The van der Waals surface area contributed by atoms with Crippen molar-refractivity contribution in [2.45, 2.75) is 6.92 Å². The number of azo groups is 1. The minimum Gasteiger partial charge on any atom is -0.478 e. The summed E-state index contributed by atoms with van der Waals surface area (Å²) in [6, 6.07) is 10.3. The number of nitro groups is 1. The Kier molecular flexibility index (Phi) is 7.34. The number of nitro benzene ring substituents is 1. The van der Waals surface area contributed by atoms with Gasteiger partial charge in [-0.25, -0.2) is 9.59 Å². The van der Waals surface area contributed by atoms with Gasteiger partial charge in [0, 0.05) is 24.4 Å². The molecule has 0 aliphatic carbocycles. The van der Waals surface area contributed by atoms with Gasteiger partial charge in [0.25, 0.3) is 5.69 Å². The Hall–Kier alpha value is -4.08. The zero-order chi connectivity index (χ0) is 22.3. The van der Waals surface area contributed by atoms with Crippen LogP contribution >= 0.6 is 0 Å². The van der Waals surface area contributed by atoms with Crippen LogP contribution in [0.5, 0.6) is 0 Å². The molecule has 0 radical (unpaired) electrons. The molecule has 0 aliphatic heterocycles. The predicted octanol–water partition coefficient (Wildman–Crippen LogP) is 4.26. The Morgan fingerprint density at radius 2 is 1.87 bits per heavy atom. The Labute approximate surface area is 172 Å². The van der Waals surface area contributed by atoms with E-state index in [9.17, 15) is 19.7 Å². The molecular weight excluding hydrogens is 392 g/mol. The van der Waals surface area contributed by atoms with Gasteiger partial charge in [0.2, 0.25) is 0 Å². The molecule has 30 heavy (non-hydrogen) atoms. The summed E-state index contributed by atoms with van der Waals surface area (Å²) >= 11 is 0. The number of carboxylic acid groups (broad SMARTS) is 1. The van der Waals surface area contributed by atoms with Gasteiger partial charge < -0.3 is 14.7 Å². The molecule has 0 atom stereocenters. The summed E-state index contributed by atoms with van der Waals surface area (Å²) in [5.74, 6) is -1.71. The molecule has 0 aliphatic rings. The van der Waals surface area contributed by atoms with Gasteiger partial charge >= 0.3 is 11.9 Å². The number of aromatic carboxylic acids is 1. The lowest BCUT2D eigenvalue weighted by Crippen LogP contribution is -2.23. The van der Waals surface area contributed by atoms with Crippen LogP contribution < -0.4 is 4.90 Å². The number of esters is 1. The molecule has 0 spiro atoms. The minimum atomic E-state index is -1.27. The van der Waals surface area contributed by atoms with Gasteiger partial charge in [-0.15, -0.1) is 5.11 Å². The van der Waals surface area contributed by atoms with E-state index >= 15 is 0 Å². The molecule has 0 aromatic heterocycles. The number of likely N-dealkylation sites (N-methyl/N-ethyl adjacent to an activating group) is 1. The topological polar surface area (TPSA) is 135 Å². The number of carbonyl (C=O) groups is 2. The van der Waals surface area contributed by atoms with E-state index in [-0.39, 0.29) is 17.9 Å². The minimum absolute atomic E-state index is 0.0504. The van der Waals surface area contributed by atoms with Gasteiger partial charge in [0.15, 0.2) is 5.69 Å². The number of benzene rings is 2. The molecule has 0 heterocycles. The molecule has 0 saturated heterocycles. The summed E-state index contributed by atoms with van der Waals surface area (Å²) in [5, 5.41) is 28.0. The maximum atomic E-state index is 11.4. The van der Waals surface area contributed by atoms with E-state index < -0.39 is 22.5 Å².